The summed E-state index contributed by atoms with van der Waals surface area (Å²) in [5, 5.41) is 3.45. The minimum atomic E-state index is -1.20. The van der Waals surface area contributed by atoms with E-state index in [1.165, 1.54) is 0 Å². The fraction of sp³-hybridized carbons (Fsp3) is 0.435. The van der Waals surface area contributed by atoms with Crippen LogP contribution in [0.1, 0.15) is 56.7 Å². The molecule has 5 rings (SSSR count). The highest BCUT2D eigenvalue weighted by molar-refractivity contribution is 6.11. The molecule has 2 atom stereocenters. The molecule has 0 aliphatic carbocycles. The molecule has 2 aromatic rings. The van der Waals surface area contributed by atoms with Crippen LogP contribution in [0.3, 0.4) is 0 Å². The number of anilines is 2. The van der Waals surface area contributed by atoms with Crippen molar-refractivity contribution in [2.75, 3.05) is 16.8 Å². The first-order valence-electron chi connectivity index (χ1n) is 10.0. The summed E-state index contributed by atoms with van der Waals surface area (Å²) in [7, 11) is 0. The van der Waals surface area contributed by atoms with Crippen molar-refractivity contribution < 1.29 is 14.3 Å². The van der Waals surface area contributed by atoms with Gasteiger partial charge < -0.3 is 19.7 Å². The van der Waals surface area contributed by atoms with Gasteiger partial charge in [0.1, 0.15) is 5.75 Å². The lowest BCUT2D eigenvalue weighted by Crippen LogP contribution is -2.56. The second-order valence-electron chi connectivity index (χ2n) is 8.65. The molecule has 28 heavy (non-hydrogen) atoms. The number of benzene rings is 2. The average molecular weight is 378 g/mol. The highest BCUT2D eigenvalue weighted by Crippen LogP contribution is 2.56. The molecule has 5 nitrogen and oxygen atoms in total. The summed E-state index contributed by atoms with van der Waals surface area (Å²) in [6, 6.07) is 12.1. The predicted octanol–water partition coefficient (Wildman–Crippen LogP) is 4.51. The van der Waals surface area contributed by atoms with Gasteiger partial charge in [0.15, 0.2) is 0 Å². The number of hydrogen-bond acceptors (Lipinski definition) is 4. The molecule has 3 heterocycles. The number of para-hydroxylation sites is 1. The van der Waals surface area contributed by atoms with Gasteiger partial charge in [-0.2, -0.15) is 0 Å². The van der Waals surface area contributed by atoms with E-state index in [0.717, 1.165) is 40.2 Å². The second kappa shape index (κ2) is 5.74. The van der Waals surface area contributed by atoms with E-state index >= 15 is 0 Å². The van der Waals surface area contributed by atoms with Crippen molar-refractivity contribution in [2.24, 2.45) is 0 Å². The lowest BCUT2D eigenvalue weighted by molar-refractivity contribution is -0.143. The van der Waals surface area contributed by atoms with Crippen LogP contribution in [0, 0.1) is 0 Å². The number of fused-ring (bicyclic) bond motifs is 2. The van der Waals surface area contributed by atoms with Gasteiger partial charge >= 0.3 is 0 Å². The maximum Gasteiger partial charge on any atom is 0.285 e. The first-order valence-corrected chi connectivity index (χ1v) is 10.0. The Balaban J connectivity index is 1.75. The monoisotopic (exact) mass is 378 g/mol. The Morgan fingerprint density at radius 2 is 2.07 bits per heavy atom. The number of nitrogens with one attached hydrogen (secondary N) is 1. The summed E-state index contributed by atoms with van der Waals surface area (Å²) in [5.74, 6) is 1.09. The standard InChI is InChI=1S/C23H26N2O3/c1-5-27-16-10-17-14(2)12-22(3,4)25-20(17)18(11-16)23(21(25)26)24-19-9-7-6-8-15(19)13-28-23/h6-11,14,24H,5,12-13H2,1-4H3/t14-,23+/m1/s1. The first-order chi connectivity index (χ1) is 13.4. The number of rotatable bonds is 2. The fourth-order valence-corrected chi connectivity index (χ4v) is 5.12. The minimum absolute atomic E-state index is 0.0381. The smallest absolute Gasteiger partial charge is 0.285 e. The van der Waals surface area contributed by atoms with Crippen LogP contribution in [0.2, 0.25) is 0 Å². The van der Waals surface area contributed by atoms with E-state index in [1.54, 1.807) is 0 Å². The maximum absolute atomic E-state index is 13.9. The average Bonchev–Trinajstić information content (AvgIpc) is 2.89. The Morgan fingerprint density at radius 3 is 2.86 bits per heavy atom. The van der Waals surface area contributed by atoms with Crippen molar-refractivity contribution in [2.45, 2.75) is 57.9 Å². The maximum atomic E-state index is 13.9. The Kier molecular flexibility index (Phi) is 3.60. The van der Waals surface area contributed by atoms with Crippen LogP contribution in [0.15, 0.2) is 36.4 Å². The summed E-state index contributed by atoms with van der Waals surface area (Å²) < 4.78 is 12.2. The molecule has 0 radical (unpaired) electrons. The number of hydrogen-bond donors (Lipinski definition) is 1. The fourth-order valence-electron chi connectivity index (χ4n) is 5.12. The second-order valence-corrected chi connectivity index (χ2v) is 8.65. The summed E-state index contributed by atoms with van der Waals surface area (Å²) in [6.07, 6.45) is 0.896. The van der Waals surface area contributed by atoms with Crippen LogP contribution in [0.5, 0.6) is 5.75 Å². The highest BCUT2D eigenvalue weighted by Gasteiger charge is 2.60. The number of ether oxygens (including phenoxy) is 2. The van der Waals surface area contributed by atoms with Crippen LogP contribution in [-0.4, -0.2) is 18.1 Å². The molecular weight excluding hydrogens is 352 g/mol. The molecule has 0 fully saturated rings. The van der Waals surface area contributed by atoms with Crippen molar-refractivity contribution in [1.82, 2.24) is 0 Å². The topological polar surface area (TPSA) is 50.8 Å². The molecule has 0 saturated carbocycles. The van der Waals surface area contributed by atoms with Gasteiger partial charge in [0.05, 0.1) is 18.9 Å². The minimum Gasteiger partial charge on any atom is -0.494 e. The zero-order valence-corrected chi connectivity index (χ0v) is 16.8. The molecule has 3 aliphatic rings. The summed E-state index contributed by atoms with van der Waals surface area (Å²) in [5.41, 5.74) is 3.54. The molecule has 3 aliphatic heterocycles. The van der Waals surface area contributed by atoms with E-state index in [0.29, 0.717) is 19.1 Å². The molecule has 5 heteroatoms. The molecule has 1 N–H and O–H groups in total. The summed E-state index contributed by atoms with van der Waals surface area (Å²) in [4.78, 5) is 15.8. The largest absolute Gasteiger partial charge is 0.494 e. The van der Waals surface area contributed by atoms with Gasteiger partial charge in [0.25, 0.3) is 5.91 Å². The van der Waals surface area contributed by atoms with E-state index in [4.69, 9.17) is 9.47 Å². The van der Waals surface area contributed by atoms with Gasteiger partial charge in [-0.25, -0.2) is 0 Å². The highest BCUT2D eigenvalue weighted by atomic mass is 16.5. The van der Waals surface area contributed by atoms with Crippen LogP contribution in [0.25, 0.3) is 0 Å². The van der Waals surface area contributed by atoms with E-state index in [1.807, 2.05) is 42.2 Å². The van der Waals surface area contributed by atoms with Crippen LogP contribution in [0.4, 0.5) is 11.4 Å². The summed E-state index contributed by atoms with van der Waals surface area (Å²) >= 11 is 0. The molecular formula is C23H26N2O3. The number of nitrogens with zero attached hydrogens (tertiary/aromatic N) is 1. The van der Waals surface area contributed by atoms with Crippen LogP contribution >= 0.6 is 0 Å². The third-order valence-electron chi connectivity index (χ3n) is 6.25. The van der Waals surface area contributed by atoms with E-state index in [2.05, 4.69) is 32.2 Å². The Hall–Kier alpha value is -2.53. The number of carbonyl (C=O) groups excluding carboxylic acids is 1. The van der Waals surface area contributed by atoms with Crippen LogP contribution in [-0.2, 0) is 21.9 Å². The molecule has 146 valence electrons. The predicted molar refractivity (Wildman–Crippen MR) is 109 cm³/mol. The summed E-state index contributed by atoms with van der Waals surface area (Å²) in [6.45, 7) is 9.46. The molecule has 2 aromatic carbocycles. The lowest BCUT2D eigenvalue weighted by Gasteiger charge is -2.44. The zero-order chi connectivity index (χ0) is 19.7. The molecule has 0 saturated heterocycles. The normalized spacial score (nSPS) is 26.6. The van der Waals surface area contributed by atoms with E-state index in [9.17, 15) is 4.79 Å². The SMILES string of the molecule is CCOc1cc2c3c(c1)[C@@]1(Nc4ccccc4CO1)C(=O)N3C(C)(C)C[C@H]2C. The van der Waals surface area contributed by atoms with Crippen molar-refractivity contribution in [3.05, 3.63) is 53.1 Å². The quantitative estimate of drug-likeness (QED) is 0.835. The van der Waals surface area contributed by atoms with Crippen molar-refractivity contribution >= 4 is 17.3 Å². The first kappa shape index (κ1) is 17.6. The third kappa shape index (κ3) is 2.20. The Bertz CT molecular complexity index is 984. The molecule has 0 bridgehead atoms. The third-order valence-corrected chi connectivity index (χ3v) is 6.25. The molecule has 1 spiro atoms. The zero-order valence-electron chi connectivity index (χ0n) is 16.8. The van der Waals surface area contributed by atoms with Gasteiger partial charge in [0, 0.05) is 22.4 Å². The van der Waals surface area contributed by atoms with E-state index < -0.39 is 5.72 Å². The number of amides is 1. The van der Waals surface area contributed by atoms with Crippen molar-refractivity contribution in [1.29, 1.82) is 0 Å². The number of carbonyl (C=O) groups is 1. The Morgan fingerprint density at radius 1 is 1.29 bits per heavy atom. The van der Waals surface area contributed by atoms with Gasteiger partial charge in [-0.05, 0) is 56.9 Å². The van der Waals surface area contributed by atoms with Crippen LogP contribution < -0.4 is 15.0 Å². The molecule has 0 unspecified atom stereocenters. The lowest BCUT2D eigenvalue weighted by atomic mass is 9.80. The van der Waals surface area contributed by atoms with Gasteiger partial charge in [-0.3, -0.25) is 4.79 Å². The van der Waals surface area contributed by atoms with Crippen molar-refractivity contribution in [3.63, 3.8) is 0 Å². The van der Waals surface area contributed by atoms with Gasteiger partial charge in [0.2, 0.25) is 5.72 Å². The van der Waals surface area contributed by atoms with Crippen molar-refractivity contribution in [3.8, 4) is 5.75 Å². The van der Waals surface area contributed by atoms with E-state index in [-0.39, 0.29) is 11.4 Å². The van der Waals surface area contributed by atoms with Gasteiger partial charge in [-0.15, -0.1) is 0 Å². The van der Waals surface area contributed by atoms with Gasteiger partial charge in [-0.1, -0.05) is 25.1 Å². The molecule has 1 amide bonds. The Labute approximate surface area is 165 Å². The molecule has 0 aromatic heterocycles.